The summed E-state index contributed by atoms with van der Waals surface area (Å²) < 4.78 is 3.73. The molecule has 0 fully saturated rings. The zero-order valence-electron chi connectivity index (χ0n) is 34.1. The number of carbonyl (C=O) groups excluding carboxylic acids is 7. The Hall–Kier alpha value is -6.35. The maximum atomic E-state index is 14.0. The van der Waals surface area contributed by atoms with Crippen molar-refractivity contribution in [2.75, 3.05) is 37.4 Å². The summed E-state index contributed by atoms with van der Waals surface area (Å²) in [5.41, 5.74) is 14.5. The van der Waals surface area contributed by atoms with Gasteiger partial charge in [0, 0.05) is 37.8 Å². The van der Waals surface area contributed by atoms with Crippen LogP contribution in [0.3, 0.4) is 0 Å². The van der Waals surface area contributed by atoms with Gasteiger partial charge in [-0.15, -0.1) is 0 Å². The summed E-state index contributed by atoms with van der Waals surface area (Å²) in [6.45, 7) is 3.01. The minimum atomic E-state index is -1.55. The Labute approximate surface area is 362 Å². The smallest absolute Gasteiger partial charge is 0.305 e. The summed E-state index contributed by atoms with van der Waals surface area (Å²) in [5, 5.41) is 25.1. The molecule has 0 aliphatic carbocycles. The van der Waals surface area contributed by atoms with Gasteiger partial charge in [0.1, 0.15) is 18.1 Å². The second-order valence-electron chi connectivity index (χ2n) is 14.4. The number of unbranched alkanes of at least 4 members (excludes halogenated alkanes) is 2. The average molecular weight is 934 g/mol. The van der Waals surface area contributed by atoms with Gasteiger partial charge in [-0.3, -0.25) is 38.6 Å². The van der Waals surface area contributed by atoms with Gasteiger partial charge in [0.2, 0.25) is 29.5 Å². The number of nitrogens with one attached hydrogen (secondary N) is 7. The molecule has 331 valence electrons. The van der Waals surface area contributed by atoms with E-state index in [-0.39, 0.29) is 61.4 Å². The number of pyridine rings is 1. The van der Waals surface area contributed by atoms with E-state index in [1.165, 1.54) is 31.4 Å². The van der Waals surface area contributed by atoms with E-state index in [1.54, 1.807) is 44.7 Å². The Kier molecular flexibility index (Phi) is 19.8. The Bertz CT molecular complexity index is 1960. The number of anilines is 2. The fraction of sp³-hybridized carbons (Fsp3) is 0.474. The number of carboxylic acids is 1. The van der Waals surface area contributed by atoms with Gasteiger partial charge in [-0.25, -0.2) is 0 Å². The van der Waals surface area contributed by atoms with Gasteiger partial charge in [0.05, 0.1) is 13.0 Å². The number of aliphatic carboxylic acids is 1. The second-order valence-corrected chi connectivity index (χ2v) is 14.8. The molecular formula is C38H53N13O9Tc. The number of aliphatic imine (C=N–C) groups is 1. The summed E-state index contributed by atoms with van der Waals surface area (Å²) in [6.07, 6.45) is 2.72. The maximum absolute atomic E-state index is 14.0. The predicted molar refractivity (Wildman–Crippen MR) is 218 cm³/mol. The number of benzene rings is 1. The molecule has 1 aliphatic rings. The number of hydrogen-bond acceptors (Lipinski definition) is 12. The first-order valence-electron chi connectivity index (χ1n) is 19.4. The number of amides is 7. The van der Waals surface area contributed by atoms with Crippen molar-refractivity contribution in [2.45, 2.75) is 83.5 Å². The second kappa shape index (κ2) is 24.7. The van der Waals surface area contributed by atoms with Crippen LogP contribution < -0.4 is 48.8 Å². The molecule has 7 amide bonds. The van der Waals surface area contributed by atoms with Gasteiger partial charge < -0.3 is 48.1 Å². The van der Waals surface area contributed by atoms with Crippen LogP contribution in [0.25, 0.3) is 0 Å². The first-order chi connectivity index (χ1) is 29.0. The summed E-state index contributed by atoms with van der Waals surface area (Å²) in [7, 11) is 1.38. The predicted octanol–water partition coefficient (Wildman–Crippen LogP) is -0.592. The Morgan fingerprint density at radius 1 is 0.984 bits per heavy atom. The van der Waals surface area contributed by atoms with E-state index in [0.29, 0.717) is 42.8 Å². The van der Waals surface area contributed by atoms with Gasteiger partial charge in [-0.1, -0.05) is 13.8 Å². The quantitative estimate of drug-likeness (QED) is 0.0411. The fourth-order valence-electron chi connectivity index (χ4n) is 6.08. The van der Waals surface area contributed by atoms with Crippen molar-refractivity contribution >= 4 is 64.8 Å². The van der Waals surface area contributed by atoms with E-state index >= 15 is 0 Å². The van der Waals surface area contributed by atoms with Crippen molar-refractivity contribution in [3.8, 4) is 0 Å². The summed E-state index contributed by atoms with van der Waals surface area (Å²) in [6, 6.07) is 3.75. The molecule has 2 bridgehead atoms. The maximum Gasteiger partial charge on any atom is 0.305 e. The normalized spacial score (nSPS) is 17.7. The molecule has 0 saturated heterocycles. The largest absolute Gasteiger partial charge is 0.481 e. The number of likely N-dealkylation sites (N-methyl/N-ethyl adjacent to an activating group) is 1. The van der Waals surface area contributed by atoms with Crippen LogP contribution in [0.2, 0.25) is 0 Å². The molecule has 2 heterocycles. The Morgan fingerprint density at radius 2 is 1.72 bits per heavy atom. The van der Waals surface area contributed by atoms with Crippen molar-refractivity contribution in [1.29, 1.82) is 0 Å². The van der Waals surface area contributed by atoms with Crippen LogP contribution in [-0.2, 0) is 54.0 Å². The third-order valence-corrected chi connectivity index (χ3v) is 9.48. The van der Waals surface area contributed by atoms with Crippen molar-refractivity contribution in [3.63, 3.8) is 0 Å². The molecule has 0 radical (unpaired) electrons. The molecular weight excluding hydrogens is 880 g/mol. The number of aromatic nitrogens is 1. The number of nitrogens with two attached hydrogens (primary N) is 2. The van der Waals surface area contributed by atoms with E-state index in [4.69, 9.17) is 11.5 Å². The minimum Gasteiger partial charge on any atom is -0.481 e. The van der Waals surface area contributed by atoms with E-state index in [1.807, 2.05) is 0 Å². The molecule has 1 aromatic carbocycles. The molecule has 1 aromatic heterocycles. The fourth-order valence-corrected chi connectivity index (χ4v) is 6.29. The van der Waals surface area contributed by atoms with Gasteiger partial charge in [0.15, 0.2) is 5.96 Å². The standard InChI is InChI=1S/C38H53N13O9.Tc/c1-21(2)32-37(60)51(3)27(8-7-13-43-38(39)40)36(59)46-20-30(53)48-26(17-31(54)55)35(58)45-18-22-14-24(34(57)49-32)16-25(15-22)47-29(52)9-5-4-6-12-42-33(56)23-10-11-28(50-41)44-19-23;/h10-11,14-16,19,21,26-27,32H,4-9,12-13,17-18,20H2,1-3H3,(H,42,56)(H,44,50)(H,45,58)(H,46,59)(H,47,52)(H,48,53)(H,49,57)(H,54,55)(H4,39,40,43);/t26-,27-,32?;/m0./s1. The molecule has 22 nitrogen and oxygen atoms in total. The molecule has 3 atom stereocenters. The van der Waals surface area contributed by atoms with E-state index in [2.05, 4.69) is 51.0 Å². The minimum absolute atomic E-state index is 0.0167. The Balaban J connectivity index is 1.81. The molecule has 1 unspecified atom stereocenters. The number of rotatable bonds is 17. The number of guanidine groups is 1. The number of nitrogens with zero attached hydrogens (tertiary/aromatic N) is 4. The number of carbonyl (C=O) groups is 8. The van der Waals surface area contributed by atoms with Gasteiger partial charge >= 0.3 is 110 Å². The van der Waals surface area contributed by atoms with E-state index < -0.39 is 72.5 Å². The molecule has 2 aromatic rings. The summed E-state index contributed by atoms with van der Waals surface area (Å²) >= 11 is 1.78. The van der Waals surface area contributed by atoms with Crippen molar-refractivity contribution in [1.82, 2.24) is 36.5 Å². The van der Waals surface area contributed by atoms with Crippen LogP contribution in [-0.4, -0.2) is 113 Å². The third-order valence-electron chi connectivity index (χ3n) is 9.27. The molecule has 23 heteroatoms. The van der Waals surface area contributed by atoms with Crippen LogP contribution >= 0.6 is 0 Å². The van der Waals surface area contributed by atoms with Crippen LogP contribution in [0.4, 0.5) is 11.5 Å². The number of hydrogen-bond donors (Lipinski definition) is 10. The summed E-state index contributed by atoms with van der Waals surface area (Å²) in [5.74, 6) is -5.97. The zero-order chi connectivity index (χ0) is 45.1. The first kappa shape index (κ1) is 49.0. The van der Waals surface area contributed by atoms with Gasteiger partial charge in [-0.05, 0) is 42.5 Å². The Morgan fingerprint density at radius 3 is 2.38 bits per heavy atom. The molecule has 1 aliphatic heterocycles. The van der Waals surface area contributed by atoms with Crippen molar-refractivity contribution < 1.29 is 62.2 Å². The molecule has 0 spiro atoms. The SMILES string of the molecule is CC(C)C1NC(=O)c2cc(cc(NC(=O)CCCCCNC(=O)c3ccc(N[N]=[Tc])nc3)c2)CNC(=O)[C@H](CC(=O)O)NC(=O)CNC(=O)[C@H](CCCN=C(N)N)N(C)C1=O. The topological polar surface area (TPSA) is 334 Å². The number of carboxylic acid groups (broad SMARTS) is 1. The first-order valence-corrected chi connectivity index (χ1v) is 20.3. The van der Waals surface area contributed by atoms with Gasteiger partial charge in [0.25, 0.3) is 5.91 Å². The van der Waals surface area contributed by atoms with Gasteiger partial charge in [-0.2, -0.15) is 0 Å². The third kappa shape index (κ3) is 16.7. The summed E-state index contributed by atoms with van der Waals surface area (Å²) in [4.78, 5) is 114. The monoisotopic (exact) mass is 932 g/mol. The van der Waals surface area contributed by atoms with E-state index in [0.717, 1.165) is 4.90 Å². The molecule has 12 N–H and O–H groups in total. The van der Waals surface area contributed by atoms with E-state index in [9.17, 15) is 43.5 Å². The molecule has 0 saturated carbocycles. The van der Waals surface area contributed by atoms with Crippen LogP contribution in [0.5, 0.6) is 0 Å². The van der Waals surface area contributed by atoms with Crippen molar-refractivity contribution in [2.24, 2.45) is 26.1 Å². The molecule has 61 heavy (non-hydrogen) atoms. The molecule has 3 rings (SSSR count). The van der Waals surface area contributed by atoms with Crippen LogP contribution in [0.1, 0.15) is 85.1 Å². The number of fused-ring (bicyclic) bond motifs is 2. The van der Waals surface area contributed by atoms with Crippen LogP contribution in [0.15, 0.2) is 45.2 Å². The average Bonchev–Trinajstić information content (AvgIpc) is 3.21. The van der Waals surface area contributed by atoms with Crippen LogP contribution in [0, 0.1) is 5.92 Å². The zero-order valence-corrected chi connectivity index (χ0v) is 35.9. The van der Waals surface area contributed by atoms with Crippen molar-refractivity contribution in [3.05, 3.63) is 53.2 Å².